The molecule has 0 N–H and O–H groups in total. The van der Waals surface area contributed by atoms with Crippen molar-refractivity contribution in [3.63, 3.8) is 0 Å². The van der Waals surface area contributed by atoms with E-state index in [0.717, 1.165) is 11.3 Å². The number of rotatable bonds is 6. The molecule has 1 unspecified atom stereocenters. The summed E-state index contributed by atoms with van der Waals surface area (Å²) in [7, 11) is 0. The first-order valence-corrected chi connectivity index (χ1v) is 7.94. The van der Waals surface area contributed by atoms with Crippen molar-refractivity contribution < 1.29 is 4.79 Å². The van der Waals surface area contributed by atoms with Gasteiger partial charge in [-0.1, -0.05) is 61.0 Å². The van der Waals surface area contributed by atoms with Gasteiger partial charge in [0.05, 0.1) is 10.3 Å². The summed E-state index contributed by atoms with van der Waals surface area (Å²) in [6.07, 6.45) is 1.29. The molecule has 0 bridgehead atoms. The van der Waals surface area contributed by atoms with E-state index in [4.69, 9.17) is 11.6 Å². The van der Waals surface area contributed by atoms with Crippen LogP contribution in [0.1, 0.15) is 18.9 Å². The number of halogens is 1. The molecule has 2 aromatic carbocycles. The fraction of sp³-hybridized carbons (Fsp3) is 0.235. The molecule has 1 nitrogen and oxygen atoms in total. The van der Waals surface area contributed by atoms with Gasteiger partial charge in [0.25, 0.3) is 0 Å². The van der Waals surface area contributed by atoms with Crippen LogP contribution in [0.2, 0.25) is 5.02 Å². The minimum atomic E-state index is -0.0812. The summed E-state index contributed by atoms with van der Waals surface area (Å²) in [6, 6.07) is 17.8. The molecule has 0 radical (unpaired) electrons. The third-order valence-corrected chi connectivity index (χ3v) is 4.84. The van der Waals surface area contributed by atoms with E-state index in [-0.39, 0.29) is 11.0 Å². The van der Waals surface area contributed by atoms with Crippen molar-refractivity contribution in [3.05, 3.63) is 65.2 Å². The minimum Gasteiger partial charge on any atom is -0.298 e. The molecular weight excluding hydrogens is 288 g/mol. The Labute approximate surface area is 129 Å². The van der Waals surface area contributed by atoms with Gasteiger partial charge in [-0.25, -0.2) is 0 Å². The highest BCUT2D eigenvalue weighted by atomic mass is 35.5. The molecule has 0 aliphatic carbocycles. The number of ketones is 1. The van der Waals surface area contributed by atoms with Crippen molar-refractivity contribution in [1.29, 1.82) is 0 Å². The van der Waals surface area contributed by atoms with E-state index in [1.54, 1.807) is 11.8 Å². The van der Waals surface area contributed by atoms with Crippen molar-refractivity contribution in [1.82, 2.24) is 0 Å². The van der Waals surface area contributed by atoms with Crippen LogP contribution in [-0.4, -0.2) is 11.0 Å². The third-order valence-electron chi connectivity index (χ3n) is 3.08. The first kappa shape index (κ1) is 15.1. The first-order valence-electron chi connectivity index (χ1n) is 6.68. The Morgan fingerprint density at radius 1 is 1.10 bits per heavy atom. The summed E-state index contributed by atoms with van der Waals surface area (Å²) in [6.45, 7) is 1.91. The van der Waals surface area contributed by atoms with E-state index in [1.807, 2.05) is 49.4 Å². The lowest BCUT2D eigenvalue weighted by Gasteiger charge is -2.15. The predicted molar refractivity (Wildman–Crippen MR) is 86.5 cm³/mol. The normalized spacial score (nSPS) is 12.1. The molecule has 0 aliphatic rings. The monoisotopic (exact) mass is 304 g/mol. The van der Waals surface area contributed by atoms with Gasteiger partial charge in [-0.05, 0) is 24.1 Å². The summed E-state index contributed by atoms with van der Waals surface area (Å²) in [4.78, 5) is 13.1. The Balaban J connectivity index is 2.16. The van der Waals surface area contributed by atoms with Crippen molar-refractivity contribution in [2.75, 3.05) is 0 Å². The molecule has 20 heavy (non-hydrogen) atoms. The van der Waals surface area contributed by atoms with Crippen LogP contribution in [0.5, 0.6) is 0 Å². The van der Waals surface area contributed by atoms with Crippen LogP contribution in [0, 0.1) is 0 Å². The van der Waals surface area contributed by atoms with Crippen LogP contribution in [0.25, 0.3) is 0 Å². The second-order valence-corrected chi connectivity index (χ2v) is 6.20. The number of thioether (sulfide) groups is 1. The molecule has 104 valence electrons. The van der Waals surface area contributed by atoms with Crippen LogP contribution in [-0.2, 0) is 11.2 Å². The van der Waals surface area contributed by atoms with Gasteiger partial charge in [-0.15, -0.1) is 11.8 Å². The van der Waals surface area contributed by atoms with E-state index >= 15 is 0 Å². The largest absolute Gasteiger partial charge is 0.298 e. The van der Waals surface area contributed by atoms with Crippen LogP contribution in [0.15, 0.2) is 59.5 Å². The predicted octanol–water partition coefficient (Wildman–Crippen LogP) is 5.02. The summed E-state index contributed by atoms with van der Waals surface area (Å²) < 4.78 is 0. The van der Waals surface area contributed by atoms with E-state index in [9.17, 15) is 4.79 Å². The van der Waals surface area contributed by atoms with Gasteiger partial charge in [0.15, 0.2) is 0 Å². The Morgan fingerprint density at radius 3 is 2.40 bits per heavy atom. The van der Waals surface area contributed by atoms with Crippen LogP contribution in [0.4, 0.5) is 0 Å². The number of hydrogen-bond acceptors (Lipinski definition) is 2. The van der Waals surface area contributed by atoms with Gasteiger partial charge in [-0.2, -0.15) is 0 Å². The van der Waals surface area contributed by atoms with Gasteiger partial charge in [0.1, 0.15) is 5.78 Å². The lowest BCUT2D eigenvalue weighted by Crippen LogP contribution is -2.19. The molecule has 0 saturated carbocycles. The van der Waals surface area contributed by atoms with Crippen molar-refractivity contribution >= 4 is 29.1 Å². The number of benzene rings is 2. The lowest BCUT2D eigenvalue weighted by atomic mass is 10.1. The van der Waals surface area contributed by atoms with E-state index < -0.39 is 0 Å². The molecule has 0 amide bonds. The van der Waals surface area contributed by atoms with Gasteiger partial charge in [-0.3, -0.25) is 4.79 Å². The average molecular weight is 305 g/mol. The summed E-state index contributed by atoms with van der Waals surface area (Å²) >= 11 is 7.75. The Hall–Kier alpha value is -1.25. The second-order valence-electron chi connectivity index (χ2n) is 4.55. The zero-order valence-electron chi connectivity index (χ0n) is 11.4. The van der Waals surface area contributed by atoms with E-state index in [2.05, 4.69) is 12.1 Å². The van der Waals surface area contributed by atoms with Crippen molar-refractivity contribution in [3.8, 4) is 0 Å². The maximum Gasteiger partial charge on any atom is 0.146 e. The Morgan fingerprint density at radius 2 is 1.75 bits per heavy atom. The maximum atomic E-state index is 12.2. The third kappa shape index (κ3) is 4.12. The van der Waals surface area contributed by atoms with E-state index in [1.165, 1.54) is 5.56 Å². The van der Waals surface area contributed by atoms with Crippen LogP contribution >= 0.6 is 23.4 Å². The number of Topliss-reactive ketones (excluding diaryl/α,β-unsaturated/α-hetero) is 1. The number of carbonyl (C=O) groups excluding carboxylic acids is 1. The van der Waals surface area contributed by atoms with Gasteiger partial charge in [0, 0.05) is 11.3 Å². The standard InChI is InChI=1S/C17H17ClOS/c1-2-15(19)17(12-13-8-4-3-5-9-13)20-16-11-7-6-10-14(16)18/h3-11,17H,2,12H2,1H3. The maximum absolute atomic E-state index is 12.2. The first-order chi connectivity index (χ1) is 9.70. The fourth-order valence-corrected chi connectivity index (χ4v) is 3.46. The minimum absolute atomic E-state index is 0.0812. The highest BCUT2D eigenvalue weighted by Crippen LogP contribution is 2.32. The molecule has 0 heterocycles. The van der Waals surface area contributed by atoms with Gasteiger partial charge in [0.2, 0.25) is 0 Å². The van der Waals surface area contributed by atoms with Crippen molar-refractivity contribution in [2.24, 2.45) is 0 Å². The van der Waals surface area contributed by atoms with Crippen LogP contribution in [0.3, 0.4) is 0 Å². The zero-order chi connectivity index (χ0) is 14.4. The average Bonchev–Trinajstić information content (AvgIpc) is 2.49. The molecule has 0 aromatic heterocycles. The molecule has 2 rings (SSSR count). The molecule has 1 atom stereocenters. The second kappa shape index (κ2) is 7.51. The fourth-order valence-electron chi connectivity index (χ4n) is 1.97. The Bertz CT molecular complexity index is 568. The smallest absolute Gasteiger partial charge is 0.146 e. The van der Waals surface area contributed by atoms with E-state index in [0.29, 0.717) is 11.4 Å². The zero-order valence-corrected chi connectivity index (χ0v) is 13.0. The SMILES string of the molecule is CCC(=O)C(Cc1ccccc1)Sc1ccccc1Cl. The Kier molecular flexibility index (Phi) is 5.69. The molecular formula is C17H17ClOS. The summed E-state index contributed by atoms with van der Waals surface area (Å²) in [5.74, 6) is 0.263. The number of hydrogen-bond donors (Lipinski definition) is 0. The molecule has 3 heteroatoms. The highest BCUT2D eigenvalue weighted by Gasteiger charge is 2.19. The summed E-state index contributed by atoms with van der Waals surface area (Å²) in [5.41, 5.74) is 1.18. The molecule has 0 fully saturated rings. The highest BCUT2D eigenvalue weighted by molar-refractivity contribution is 8.00. The molecule has 2 aromatic rings. The lowest BCUT2D eigenvalue weighted by molar-refractivity contribution is -0.118. The molecule has 0 saturated heterocycles. The summed E-state index contributed by atoms with van der Waals surface area (Å²) in [5, 5.41) is 0.627. The molecule has 0 aliphatic heterocycles. The topological polar surface area (TPSA) is 17.1 Å². The van der Waals surface area contributed by atoms with Gasteiger partial charge < -0.3 is 0 Å². The van der Waals surface area contributed by atoms with Crippen molar-refractivity contribution in [2.45, 2.75) is 29.9 Å². The molecule has 0 spiro atoms. The quantitative estimate of drug-likeness (QED) is 0.697. The number of carbonyl (C=O) groups is 1. The van der Waals surface area contributed by atoms with Crippen LogP contribution < -0.4 is 0 Å². The van der Waals surface area contributed by atoms with Gasteiger partial charge >= 0.3 is 0 Å².